The van der Waals surface area contributed by atoms with Crippen molar-refractivity contribution in [3.63, 3.8) is 0 Å². The second-order valence-electron chi connectivity index (χ2n) is 39.0. The first kappa shape index (κ1) is 116. The molecule has 45 heteroatoms. The molecule has 9 fully saturated rings. The number of nitrogens with one attached hydrogen (secondary N) is 5. The number of carbonyl (C=O) groups excluding carboxylic acids is 5. The molecule has 0 bridgehead atoms. The number of anilines is 11. The van der Waals surface area contributed by atoms with Crippen molar-refractivity contribution in [2.24, 2.45) is 11.5 Å². The number of primary amides is 2. The van der Waals surface area contributed by atoms with E-state index in [9.17, 15) is 29.2 Å². The first-order chi connectivity index (χ1) is 71.1. The monoisotopic (exact) mass is 2120 g/mol. The number of nitrogens with zero attached hydrogens (tertiary/aromatic N) is 20. The number of aromatic nitrogens is 10. The molecule has 0 radical (unpaired) electrons. The fraction of sp³-hybridized carbons (Fsp3) is 0.500. The standard InChI is InChI=1S/C25H34N6O4.C25H32N6O3.C20H26N6O2.C16H24N2O2.C9H9ClN4O.C5HCl2N3.C4H9NO.ClH/c1-25(2,3)35-24(33)31-10-8-18(9-11-31)17-4-6-19(7-5-17)28-23-21(22(26)32)27-16-20(29-23)30-12-14-34-15-13-30;1-25(2,3)34-24(32)31-10-8-19(9-11-31)18-4-6-20(7-5-18)28-23-21(16-26)27-17-22(29-23)30-12-14-33-15-13-30;21-19(27)18-20(25-17(13-23-18)26-9-11-28-12-10-26)24-16-3-1-14(2-4-16)15-5-7-22-8-6-15;1-16(2,3)20-15(19)18-10-8-13(9-11-18)12-4-6-14(17)7-5-12;10-9-7(5-11)12-6-8(13-9)14-1-3-15-4-2-14;6-4-2-9-3(1-8)5(7)10-4;1-3-6-4-2-5-1;/h4-7,16,18H,8-15H2,1-3H3,(H2,26,32)(H,28,29);4-7,17,19H,8-15H2,1-3H3,(H,28,29);1-4,13,15,22H,5-12H2,(H2,21,27)(H,24,25);4-7,13H,8-11,17H2,1-3H3;6H,1-4H2;2H;5H,1-4H2;1H. The largest absolute Gasteiger partial charge is 0.444 e. The summed E-state index contributed by atoms with van der Waals surface area (Å²) >= 11 is 16.7. The van der Waals surface area contributed by atoms with Gasteiger partial charge in [0.25, 0.3) is 11.8 Å². The molecule has 798 valence electrons. The van der Waals surface area contributed by atoms with E-state index in [-0.39, 0.29) is 74.6 Å². The molecule has 5 aromatic heterocycles. The number of nitrogens with two attached hydrogens (primary N) is 3. The molecule has 18 rings (SSSR count). The molecule has 0 saturated carbocycles. The number of hydrogen-bond donors (Lipinski definition) is 8. The lowest BCUT2D eigenvalue weighted by molar-refractivity contribution is 0.0194. The quantitative estimate of drug-likeness (QED) is 0.0329. The minimum atomic E-state index is -0.637. The Balaban J connectivity index is 0.000000173. The highest BCUT2D eigenvalue weighted by molar-refractivity contribution is 6.32. The fourth-order valence-electron chi connectivity index (χ4n) is 17.0. The maximum absolute atomic E-state index is 12.3. The molecule has 149 heavy (non-hydrogen) atoms. The summed E-state index contributed by atoms with van der Waals surface area (Å²) in [5.74, 6) is 4.61. The summed E-state index contributed by atoms with van der Waals surface area (Å²) in [6.07, 6.45) is 14.8. The van der Waals surface area contributed by atoms with E-state index in [2.05, 4.69) is 146 Å². The Morgan fingerprint density at radius 2 is 0.624 bits per heavy atom. The van der Waals surface area contributed by atoms with Gasteiger partial charge in [0.05, 0.1) is 97.1 Å². The summed E-state index contributed by atoms with van der Waals surface area (Å²) in [6.45, 7) is 38.4. The SMILES string of the molecule is C1COCCN1.CC(C)(C)OC(=O)N1CCC(c2ccc(N)cc2)CC1.CC(C)(C)OC(=O)N1CCC(c2ccc(Nc3nc(N4CCOCC4)cnc3C#N)cc2)CC1.CC(C)(C)OC(=O)N1CCC(c2ccc(Nc3nc(N4CCOCC4)cnc3C(N)=O)cc2)CC1.Cl.N#Cc1ncc(Cl)nc1Cl.N#Cc1ncc(N2CCOCC2)nc1Cl.NC(=O)c1ncc(N2CCOCC2)nc1Nc1ccc(C2CCNCC2)cc1. The van der Waals surface area contributed by atoms with Crippen LogP contribution in [-0.4, -0.2) is 295 Å². The Morgan fingerprint density at radius 3 is 0.913 bits per heavy atom. The Bertz CT molecular complexity index is 5910. The first-order valence-corrected chi connectivity index (χ1v) is 51.1. The van der Waals surface area contributed by atoms with Crippen molar-refractivity contribution in [3.05, 3.63) is 194 Å². The molecule has 9 aliphatic rings. The van der Waals surface area contributed by atoms with Crippen LogP contribution >= 0.6 is 47.2 Å². The van der Waals surface area contributed by atoms with E-state index in [1.54, 1.807) is 45.6 Å². The zero-order valence-electron chi connectivity index (χ0n) is 85.9. The Kier molecular flexibility index (Phi) is 44.8. The van der Waals surface area contributed by atoms with Crippen molar-refractivity contribution < 1.29 is 61.9 Å². The minimum Gasteiger partial charge on any atom is -0.444 e. The molecule has 9 aliphatic heterocycles. The molecular weight excluding hydrogens is 1990 g/mol. The van der Waals surface area contributed by atoms with Crippen LogP contribution in [0.2, 0.25) is 15.5 Å². The molecule has 0 aliphatic carbocycles. The second-order valence-corrected chi connectivity index (χ2v) is 40.1. The third-order valence-corrected chi connectivity index (χ3v) is 25.5. The van der Waals surface area contributed by atoms with E-state index in [4.69, 9.17) is 100 Å². The Morgan fingerprint density at radius 1 is 0.356 bits per heavy atom. The Labute approximate surface area is 891 Å². The number of rotatable bonds is 16. The molecule has 0 atom stereocenters. The van der Waals surface area contributed by atoms with Crippen LogP contribution in [-0.2, 0) is 37.9 Å². The zero-order valence-corrected chi connectivity index (χ0v) is 89.0. The minimum absolute atomic E-state index is 0. The van der Waals surface area contributed by atoms with Crippen molar-refractivity contribution in [2.75, 3.05) is 225 Å². The molecule has 14 heterocycles. The maximum atomic E-state index is 12.3. The number of carbonyl (C=O) groups is 5. The first-order valence-electron chi connectivity index (χ1n) is 49.9. The maximum Gasteiger partial charge on any atom is 0.410 e. The van der Waals surface area contributed by atoms with Crippen molar-refractivity contribution in [2.45, 2.75) is 154 Å². The summed E-state index contributed by atoms with van der Waals surface area (Å²) in [6, 6.07) is 38.4. The normalized spacial score (nSPS) is 16.9. The predicted molar refractivity (Wildman–Crippen MR) is 574 cm³/mol. The van der Waals surface area contributed by atoms with Crippen LogP contribution in [0, 0.1) is 34.0 Å². The van der Waals surface area contributed by atoms with Crippen LogP contribution in [0.25, 0.3) is 0 Å². The summed E-state index contributed by atoms with van der Waals surface area (Å²) < 4.78 is 42.8. The van der Waals surface area contributed by atoms with Gasteiger partial charge in [-0.25, -0.2) is 64.2 Å². The average Bonchev–Trinajstić information content (AvgIpc) is 0.812. The van der Waals surface area contributed by atoms with Crippen LogP contribution in [0.5, 0.6) is 0 Å². The van der Waals surface area contributed by atoms with E-state index in [1.807, 2.05) is 122 Å². The van der Waals surface area contributed by atoms with Crippen LogP contribution in [0.4, 0.5) is 77.9 Å². The highest BCUT2D eigenvalue weighted by Crippen LogP contribution is 2.37. The van der Waals surface area contributed by atoms with Gasteiger partial charge in [0, 0.05) is 127 Å². The van der Waals surface area contributed by atoms with Crippen molar-refractivity contribution in [1.82, 2.24) is 75.2 Å². The summed E-state index contributed by atoms with van der Waals surface area (Å²) in [5.41, 5.74) is 24.5. The number of likely N-dealkylation sites (tertiary alicyclic amines) is 3. The van der Waals surface area contributed by atoms with Gasteiger partial charge in [-0.2, -0.15) is 15.8 Å². The highest BCUT2D eigenvalue weighted by atomic mass is 35.5. The number of halogens is 4. The van der Waals surface area contributed by atoms with Gasteiger partial charge in [0.15, 0.2) is 56.2 Å². The van der Waals surface area contributed by atoms with E-state index < -0.39 is 28.6 Å². The topological polar surface area (TPSA) is 520 Å². The predicted octanol–water partition coefficient (Wildman–Crippen LogP) is 14.8. The van der Waals surface area contributed by atoms with E-state index in [0.717, 1.165) is 172 Å². The van der Waals surface area contributed by atoms with Crippen LogP contribution < -0.4 is 63.4 Å². The molecule has 9 saturated heterocycles. The lowest BCUT2D eigenvalue weighted by Gasteiger charge is -2.33. The smallest absolute Gasteiger partial charge is 0.410 e. The number of nitriles is 3. The van der Waals surface area contributed by atoms with Crippen LogP contribution in [0.3, 0.4) is 0 Å². The number of morpholine rings is 5. The van der Waals surface area contributed by atoms with E-state index in [1.165, 1.54) is 28.5 Å². The third-order valence-electron chi connectivity index (χ3n) is 24.8. The van der Waals surface area contributed by atoms with Crippen LogP contribution in [0.1, 0.15) is 198 Å². The van der Waals surface area contributed by atoms with Gasteiger partial charge in [-0.05, 0) is 221 Å². The highest BCUT2D eigenvalue weighted by Gasteiger charge is 2.33. The van der Waals surface area contributed by atoms with Crippen molar-refractivity contribution in [1.29, 1.82) is 15.8 Å². The fourth-order valence-corrected chi connectivity index (χ4v) is 17.5. The summed E-state index contributed by atoms with van der Waals surface area (Å²) in [5, 5.41) is 43.1. The average molecular weight is 2130 g/mol. The molecule has 41 nitrogen and oxygen atoms in total. The Hall–Kier alpha value is -13.2. The second kappa shape index (κ2) is 57.5. The number of nitrogen functional groups attached to an aromatic ring is 1. The number of hydrogen-bond acceptors (Lipinski definition) is 36. The molecule has 11 N–H and O–H groups in total. The van der Waals surface area contributed by atoms with Gasteiger partial charge in [-0.3, -0.25) is 9.59 Å². The van der Waals surface area contributed by atoms with Gasteiger partial charge >= 0.3 is 18.3 Å². The molecule has 9 aromatic rings. The molecule has 5 amide bonds. The molecule has 0 unspecified atom stereocenters. The molecule has 0 spiro atoms. The van der Waals surface area contributed by atoms with Crippen LogP contribution in [0.15, 0.2) is 128 Å². The van der Waals surface area contributed by atoms with Crippen molar-refractivity contribution >= 4 is 141 Å². The number of ether oxygens (including phenoxy) is 8. The van der Waals surface area contributed by atoms with Gasteiger partial charge < -0.3 is 116 Å². The third kappa shape index (κ3) is 37.2. The molecule has 4 aromatic carbocycles. The number of piperidine rings is 4. The zero-order chi connectivity index (χ0) is 106. The van der Waals surface area contributed by atoms with Gasteiger partial charge in [-0.1, -0.05) is 83.3 Å². The lowest BCUT2D eigenvalue weighted by Crippen LogP contribution is -2.41. The summed E-state index contributed by atoms with van der Waals surface area (Å²) in [4.78, 5) is 116. The van der Waals surface area contributed by atoms with E-state index in [0.29, 0.717) is 151 Å². The lowest BCUT2D eigenvalue weighted by atomic mass is 9.89. The van der Waals surface area contributed by atoms with Gasteiger partial charge in [-0.15, -0.1) is 12.4 Å². The van der Waals surface area contributed by atoms with Gasteiger partial charge in [0.2, 0.25) is 0 Å². The van der Waals surface area contributed by atoms with Crippen molar-refractivity contribution in [3.8, 4) is 18.2 Å². The van der Waals surface area contributed by atoms with E-state index >= 15 is 0 Å². The summed E-state index contributed by atoms with van der Waals surface area (Å²) in [7, 11) is 0. The molecular formula is C104H136Cl4N28O13. The van der Waals surface area contributed by atoms with Gasteiger partial charge in [0.1, 0.15) is 63.4 Å². The number of benzene rings is 4. The number of amides is 5.